The second kappa shape index (κ2) is 5.99. The average molecular weight is 266 g/mol. The number of benzene rings is 1. The summed E-state index contributed by atoms with van der Waals surface area (Å²) in [4.78, 5) is 12.7. The van der Waals surface area contributed by atoms with Crippen LogP contribution >= 0.6 is 0 Å². The number of rotatable bonds is 5. The fourth-order valence-electron chi connectivity index (χ4n) is 2.44. The molecule has 6 heteroatoms. The van der Waals surface area contributed by atoms with E-state index in [4.69, 9.17) is 9.84 Å². The van der Waals surface area contributed by atoms with Crippen LogP contribution in [0.2, 0.25) is 0 Å². The Balaban J connectivity index is 2.09. The summed E-state index contributed by atoms with van der Waals surface area (Å²) in [6.07, 6.45) is 0.981. The maximum absolute atomic E-state index is 10.9. The van der Waals surface area contributed by atoms with E-state index in [-0.39, 0.29) is 18.0 Å². The lowest BCUT2D eigenvalue weighted by atomic mass is 10.1. The van der Waals surface area contributed by atoms with Crippen LogP contribution in [0.15, 0.2) is 18.2 Å². The summed E-state index contributed by atoms with van der Waals surface area (Å²) >= 11 is 0. The molecule has 0 amide bonds. The first-order valence-corrected chi connectivity index (χ1v) is 6.28. The second-order valence-corrected chi connectivity index (χ2v) is 4.84. The number of nitro groups is 1. The first-order valence-electron chi connectivity index (χ1n) is 6.28. The number of likely N-dealkylation sites (tertiary alicyclic amines) is 1. The van der Waals surface area contributed by atoms with Crippen molar-refractivity contribution in [2.24, 2.45) is 5.92 Å². The highest BCUT2D eigenvalue weighted by atomic mass is 16.6. The summed E-state index contributed by atoms with van der Waals surface area (Å²) < 4.78 is 4.98. The molecule has 1 aromatic rings. The molecular weight excluding hydrogens is 248 g/mol. The summed E-state index contributed by atoms with van der Waals surface area (Å²) in [5.74, 6) is 0.608. The van der Waals surface area contributed by atoms with Gasteiger partial charge in [-0.2, -0.15) is 0 Å². The maximum atomic E-state index is 10.9. The van der Waals surface area contributed by atoms with E-state index in [0.717, 1.165) is 25.1 Å². The van der Waals surface area contributed by atoms with Crippen molar-refractivity contribution < 1.29 is 14.8 Å². The standard InChI is InChI=1S/C13H18N2O4/c1-19-13-3-2-10(6-12(13)15(17)18)7-14-5-4-11(8-14)9-16/h2-3,6,11,16H,4-5,7-9H2,1H3. The summed E-state index contributed by atoms with van der Waals surface area (Å²) in [5.41, 5.74) is 0.893. The zero-order valence-corrected chi connectivity index (χ0v) is 10.9. The third kappa shape index (κ3) is 3.21. The van der Waals surface area contributed by atoms with E-state index in [9.17, 15) is 10.1 Å². The normalized spacial score (nSPS) is 19.6. The molecule has 1 fully saturated rings. The minimum atomic E-state index is -0.428. The van der Waals surface area contributed by atoms with Gasteiger partial charge in [0.2, 0.25) is 0 Å². The van der Waals surface area contributed by atoms with Crippen LogP contribution in [-0.2, 0) is 6.54 Å². The third-order valence-corrected chi connectivity index (χ3v) is 3.47. The Hall–Kier alpha value is -1.66. The van der Waals surface area contributed by atoms with Crippen molar-refractivity contribution in [3.63, 3.8) is 0 Å². The van der Waals surface area contributed by atoms with Crippen LogP contribution in [0.1, 0.15) is 12.0 Å². The molecule has 0 saturated carbocycles. The minimum Gasteiger partial charge on any atom is -0.490 e. The van der Waals surface area contributed by atoms with Crippen LogP contribution in [0, 0.1) is 16.0 Å². The number of aliphatic hydroxyl groups excluding tert-OH is 1. The molecule has 2 rings (SSSR count). The van der Waals surface area contributed by atoms with Gasteiger partial charge in [-0.3, -0.25) is 15.0 Å². The smallest absolute Gasteiger partial charge is 0.311 e. The Bertz CT molecular complexity index is 464. The Morgan fingerprint density at radius 2 is 2.37 bits per heavy atom. The lowest BCUT2D eigenvalue weighted by molar-refractivity contribution is -0.385. The van der Waals surface area contributed by atoms with E-state index >= 15 is 0 Å². The topological polar surface area (TPSA) is 75.8 Å². The predicted octanol–water partition coefficient (Wildman–Crippen LogP) is 1.42. The van der Waals surface area contributed by atoms with Gasteiger partial charge >= 0.3 is 5.69 Å². The lowest BCUT2D eigenvalue weighted by Crippen LogP contribution is -2.21. The van der Waals surface area contributed by atoms with Gasteiger partial charge in [-0.25, -0.2) is 0 Å². The molecule has 0 aromatic heterocycles. The van der Waals surface area contributed by atoms with Gasteiger partial charge in [0, 0.05) is 25.8 Å². The van der Waals surface area contributed by atoms with Crippen LogP contribution in [0.4, 0.5) is 5.69 Å². The third-order valence-electron chi connectivity index (χ3n) is 3.47. The number of hydrogen-bond acceptors (Lipinski definition) is 5. The number of ether oxygens (including phenoxy) is 1. The molecule has 1 aliphatic rings. The van der Waals surface area contributed by atoms with Crippen LogP contribution in [0.25, 0.3) is 0 Å². The Kier molecular flexibility index (Phi) is 4.34. The summed E-state index contributed by atoms with van der Waals surface area (Å²) in [7, 11) is 1.42. The number of nitro benzene ring substituents is 1. The van der Waals surface area contributed by atoms with Gasteiger partial charge in [-0.15, -0.1) is 0 Å². The molecule has 0 spiro atoms. The van der Waals surface area contributed by atoms with Crippen LogP contribution in [-0.4, -0.2) is 41.7 Å². The highest BCUT2D eigenvalue weighted by Crippen LogP contribution is 2.28. The molecule has 0 aliphatic carbocycles. The Morgan fingerprint density at radius 3 is 2.95 bits per heavy atom. The minimum absolute atomic E-state index is 0.00194. The number of hydrogen-bond donors (Lipinski definition) is 1. The highest BCUT2D eigenvalue weighted by molar-refractivity contribution is 5.48. The van der Waals surface area contributed by atoms with Gasteiger partial charge in [0.05, 0.1) is 12.0 Å². The van der Waals surface area contributed by atoms with Crippen molar-refractivity contribution in [3.8, 4) is 5.75 Å². The largest absolute Gasteiger partial charge is 0.490 e. The van der Waals surface area contributed by atoms with Crippen molar-refractivity contribution in [3.05, 3.63) is 33.9 Å². The first kappa shape index (κ1) is 13.8. The molecule has 1 aliphatic heterocycles. The quantitative estimate of drug-likeness (QED) is 0.644. The van der Waals surface area contributed by atoms with Crippen molar-refractivity contribution in [2.45, 2.75) is 13.0 Å². The molecule has 1 unspecified atom stereocenters. The van der Waals surface area contributed by atoms with E-state index in [2.05, 4.69) is 4.90 Å². The number of nitrogens with zero attached hydrogens (tertiary/aromatic N) is 2. The molecule has 1 heterocycles. The second-order valence-electron chi connectivity index (χ2n) is 4.84. The molecule has 1 aromatic carbocycles. The number of aliphatic hydroxyl groups is 1. The molecule has 6 nitrogen and oxygen atoms in total. The molecular formula is C13H18N2O4. The van der Waals surface area contributed by atoms with Crippen molar-refractivity contribution in [1.82, 2.24) is 4.90 Å². The number of methoxy groups -OCH3 is 1. The van der Waals surface area contributed by atoms with Gasteiger partial charge < -0.3 is 9.84 Å². The van der Waals surface area contributed by atoms with Crippen molar-refractivity contribution in [1.29, 1.82) is 0 Å². The summed E-state index contributed by atoms with van der Waals surface area (Å²) in [6, 6.07) is 5.04. The van der Waals surface area contributed by atoms with Crippen LogP contribution < -0.4 is 4.74 Å². The van der Waals surface area contributed by atoms with Gasteiger partial charge in [0.1, 0.15) is 0 Å². The van der Waals surface area contributed by atoms with E-state index in [1.807, 2.05) is 6.07 Å². The van der Waals surface area contributed by atoms with Gasteiger partial charge in [0.15, 0.2) is 5.75 Å². The van der Waals surface area contributed by atoms with Gasteiger partial charge in [-0.1, -0.05) is 6.07 Å². The zero-order valence-electron chi connectivity index (χ0n) is 10.9. The molecule has 0 radical (unpaired) electrons. The molecule has 1 N–H and O–H groups in total. The lowest BCUT2D eigenvalue weighted by Gasteiger charge is -2.15. The Labute approximate surface area is 111 Å². The monoisotopic (exact) mass is 266 g/mol. The van der Waals surface area contributed by atoms with E-state index in [1.165, 1.54) is 7.11 Å². The van der Waals surface area contributed by atoms with Crippen molar-refractivity contribution in [2.75, 3.05) is 26.8 Å². The van der Waals surface area contributed by atoms with Gasteiger partial charge in [0.25, 0.3) is 0 Å². The molecule has 104 valence electrons. The van der Waals surface area contributed by atoms with Crippen LogP contribution in [0.3, 0.4) is 0 Å². The summed E-state index contributed by atoms with van der Waals surface area (Å²) in [5, 5.41) is 20.0. The highest BCUT2D eigenvalue weighted by Gasteiger charge is 2.22. The maximum Gasteiger partial charge on any atom is 0.311 e. The summed E-state index contributed by atoms with van der Waals surface area (Å²) in [6.45, 7) is 2.64. The molecule has 1 saturated heterocycles. The van der Waals surface area contributed by atoms with Crippen molar-refractivity contribution >= 4 is 5.69 Å². The van der Waals surface area contributed by atoms with Gasteiger partial charge in [-0.05, 0) is 30.5 Å². The SMILES string of the molecule is COc1ccc(CN2CCC(CO)C2)cc1[N+](=O)[O-]. The fourth-order valence-corrected chi connectivity index (χ4v) is 2.44. The molecule has 0 bridgehead atoms. The Morgan fingerprint density at radius 1 is 1.58 bits per heavy atom. The molecule has 1 atom stereocenters. The fraction of sp³-hybridized carbons (Fsp3) is 0.538. The first-order chi connectivity index (χ1) is 9.13. The van der Waals surface area contributed by atoms with E-state index < -0.39 is 4.92 Å². The van der Waals surface area contributed by atoms with E-state index in [0.29, 0.717) is 12.5 Å². The predicted molar refractivity (Wildman–Crippen MR) is 70.1 cm³/mol. The van der Waals surface area contributed by atoms with Crippen LogP contribution in [0.5, 0.6) is 5.75 Å². The zero-order chi connectivity index (χ0) is 13.8. The average Bonchev–Trinajstić information content (AvgIpc) is 2.86. The molecule has 19 heavy (non-hydrogen) atoms. The van der Waals surface area contributed by atoms with E-state index in [1.54, 1.807) is 12.1 Å².